The van der Waals surface area contributed by atoms with Crippen molar-refractivity contribution in [2.75, 3.05) is 9.80 Å². The van der Waals surface area contributed by atoms with Crippen molar-refractivity contribution in [3.8, 4) is 0 Å². The molecule has 314 valence electrons. The quantitative estimate of drug-likeness (QED) is 0.0999. The summed E-state index contributed by atoms with van der Waals surface area (Å²) in [6.07, 6.45) is -4.90. The van der Waals surface area contributed by atoms with E-state index in [1.165, 1.54) is 12.2 Å². The van der Waals surface area contributed by atoms with Gasteiger partial charge in [-0.05, 0) is 106 Å². The SMILES string of the molecule is FC(F)(F)c1cc(C=Cc2ccc(N(c3ccccc3)c3cccc4ccccc34)cc2)c(C(F)(F)F)cc1C=Cc1ccc(N(c2ccccc2)c2cccc3ccccc23)cc1. The van der Waals surface area contributed by atoms with Crippen molar-refractivity contribution in [1.82, 2.24) is 0 Å². The number of rotatable bonds is 10. The highest BCUT2D eigenvalue weighted by atomic mass is 19.4. The molecule has 0 saturated carbocycles. The van der Waals surface area contributed by atoms with Gasteiger partial charge >= 0.3 is 12.4 Å². The normalized spacial score (nSPS) is 12.1. The Hall–Kier alpha value is -7.84. The van der Waals surface area contributed by atoms with E-state index in [0.29, 0.717) is 23.3 Å². The molecule has 0 heterocycles. The lowest BCUT2D eigenvalue weighted by atomic mass is 9.95. The second-order valence-corrected chi connectivity index (χ2v) is 15.2. The molecule has 0 amide bonds. The van der Waals surface area contributed by atoms with E-state index in [1.54, 1.807) is 24.3 Å². The van der Waals surface area contributed by atoms with Crippen molar-refractivity contribution in [3.05, 3.63) is 240 Å². The maximum Gasteiger partial charge on any atom is 0.417 e. The molecular formula is C56H38F6N2. The lowest BCUT2D eigenvalue weighted by molar-refractivity contribution is -0.141. The van der Waals surface area contributed by atoms with Gasteiger partial charge < -0.3 is 9.80 Å². The molecule has 0 aliphatic heterocycles. The molecule has 0 aliphatic carbocycles. The van der Waals surface area contributed by atoms with Crippen LogP contribution >= 0.6 is 0 Å². The first kappa shape index (κ1) is 41.5. The number of para-hydroxylation sites is 2. The maximum absolute atomic E-state index is 14.7. The number of fused-ring (bicyclic) bond motifs is 2. The van der Waals surface area contributed by atoms with Crippen LogP contribution in [-0.4, -0.2) is 0 Å². The molecule has 0 fully saturated rings. The highest BCUT2D eigenvalue weighted by Gasteiger charge is 2.38. The van der Waals surface area contributed by atoms with Gasteiger partial charge in [0.15, 0.2) is 0 Å². The highest BCUT2D eigenvalue weighted by molar-refractivity contribution is 6.00. The topological polar surface area (TPSA) is 6.48 Å². The lowest BCUT2D eigenvalue weighted by Crippen LogP contribution is -2.13. The van der Waals surface area contributed by atoms with E-state index in [9.17, 15) is 26.3 Å². The molecule has 9 rings (SSSR count). The first-order valence-corrected chi connectivity index (χ1v) is 20.6. The Morgan fingerprint density at radius 1 is 0.312 bits per heavy atom. The molecule has 0 atom stereocenters. The molecule has 9 aromatic rings. The molecule has 0 aromatic heterocycles. The van der Waals surface area contributed by atoms with Gasteiger partial charge in [-0.3, -0.25) is 0 Å². The van der Waals surface area contributed by atoms with Crippen molar-refractivity contribution < 1.29 is 26.3 Å². The van der Waals surface area contributed by atoms with E-state index < -0.39 is 34.6 Å². The number of nitrogens with zero attached hydrogens (tertiary/aromatic N) is 2. The third kappa shape index (κ3) is 8.76. The van der Waals surface area contributed by atoms with Crippen LogP contribution in [0.15, 0.2) is 206 Å². The third-order valence-electron chi connectivity index (χ3n) is 11.1. The van der Waals surface area contributed by atoms with E-state index in [-0.39, 0.29) is 0 Å². The number of halogens is 6. The Balaban J connectivity index is 1.02. The van der Waals surface area contributed by atoms with Gasteiger partial charge in [0.25, 0.3) is 0 Å². The molecule has 64 heavy (non-hydrogen) atoms. The molecule has 0 aliphatic rings. The van der Waals surface area contributed by atoms with Gasteiger partial charge in [-0.15, -0.1) is 0 Å². The van der Waals surface area contributed by atoms with Gasteiger partial charge in [-0.2, -0.15) is 26.3 Å². The maximum atomic E-state index is 14.7. The van der Waals surface area contributed by atoms with Crippen molar-refractivity contribution in [1.29, 1.82) is 0 Å². The summed E-state index contributed by atoms with van der Waals surface area (Å²) in [5.41, 5.74) is 2.71. The van der Waals surface area contributed by atoms with Gasteiger partial charge in [0.05, 0.1) is 22.5 Å². The summed E-state index contributed by atoms with van der Waals surface area (Å²) in [6.45, 7) is 0. The van der Waals surface area contributed by atoms with Crippen LogP contribution in [0.1, 0.15) is 33.4 Å². The summed E-state index contributed by atoms with van der Waals surface area (Å²) >= 11 is 0. The second-order valence-electron chi connectivity index (χ2n) is 15.2. The van der Waals surface area contributed by atoms with Crippen LogP contribution in [0.3, 0.4) is 0 Å². The standard InChI is InChI=1S/C56H38F6N2/c57-55(58,59)51-38-44(32-26-40-29-35-48(36-30-40)64(46-19-5-2-6-20-46)54-24-12-16-42-14-8-10-22-50(42)54)52(56(60,61)62)37-43(51)31-25-39-27-33-47(34-28-39)63(45-17-3-1-4-18-45)53-23-11-15-41-13-7-9-21-49(41)53/h1-38H. The van der Waals surface area contributed by atoms with Gasteiger partial charge in [0, 0.05) is 33.5 Å². The van der Waals surface area contributed by atoms with Crippen molar-refractivity contribution in [2.24, 2.45) is 0 Å². The van der Waals surface area contributed by atoms with E-state index in [1.807, 2.05) is 170 Å². The van der Waals surface area contributed by atoms with Gasteiger partial charge in [-0.25, -0.2) is 0 Å². The van der Waals surface area contributed by atoms with Crippen molar-refractivity contribution in [3.63, 3.8) is 0 Å². The van der Waals surface area contributed by atoms with E-state index in [2.05, 4.69) is 9.80 Å². The molecule has 0 unspecified atom stereocenters. The van der Waals surface area contributed by atoms with Crippen molar-refractivity contribution in [2.45, 2.75) is 12.4 Å². The van der Waals surface area contributed by atoms with Crippen LogP contribution in [0.5, 0.6) is 0 Å². The van der Waals surface area contributed by atoms with Crippen molar-refractivity contribution >= 4 is 80.0 Å². The summed E-state index contributed by atoms with van der Waals surface area (Å²) in [5, 5.41) is 4.16. The fourth-order valence-corrected chi connectivity index (χ4v) is 8.06. The first-order chi connectivity index (χ1) is 31.0. The van der Waals surface area contributed by atoms with Crippen LogP contribution in [0.2, 0.25) is 0 Å². The van der Waals surface area contributed by atoms with E-state index in [0.717, 1.165) is 67.8 Å². The molecule has 0 saturated heterocycles. The Morgan fingerprint density at radius 2 is 0.641 bits per heavy atom. The minimum Gasteiger partial charge on any atom is -0.310 e. The summed E-state index contributed by atoms with van der Waals surface area (Å²) in [7, 11) is 0. The van der Waals surface area contributed by atoms with E-state index in [4.69, 9.17) is 0 Å². The average molecular weight is 853 g/mol. The van der Waals surface area contributed by atoms with Gasteiger partial charge in [-0.1, -0.05) is 158 Å². The average Bonchev–Trinajstić information content (AvgIpc) is 3.31. The first-order valence-electron chi connectivity index (χ1n) is 20.6. The molecular weight excluding hydrogens is 815 g/mol. The van der Waals surface area contributed by atoms with Gasteiger partial charge in [0.2, 0.25) is 0 Å². The van der Waals surface area contributed by atoms with Crippen LogP contribution < -0.4 is 9.80 Å². The number of hydrogen-bond donors (Lipinski definition) is 0. The zero-order valence-electron chi connectivity index (χ0n) is 34.1. The van der Waals surface area contributed by atoms with Crippen LogP contribution in [0.25, 0.3) is 45.8 Å². The molecule has 0 N–H and O–H groups in total. The van der Waals surface area contributed by atoms with Crippen LogP contribution in [-0.2, 0) is 12.4 Å². The largest absolute Gasteiger partial charge is 0.417 e. The second kappa shape index (κ2) is 17.5. The lowest BCUT2D eigenvalue weighted by Gasteiger charge is -2.27. The fourth-order valence-electron chi connectivity index (χ4n) is 8.06. The highest BCUT2D eigenvalue weighted by Crippen LogP contribution is 2.43. The Bertz CT molecular complexity index is 2890. The zero-order valence-corrected chi connectivity index (χ0v) is 34.1. The monoisotopic (exact) mass is 852 g/mol. The smallest absolute Gasteiger partial charge is 0.310 e. The van der Waals surface area contributed by atoms with Crippen LogP contribution in [0.4, 0.5) is 60.5 Å². The summed E-state index contributed by atoms with van der Waals surface area (Å²) < 4.78 is 88.0. The predicted molar refractivity (Wildman–Crippen MR) is 252 cm³/mol. The van der Waals surface area contributed by atoms with Crippen LogP contribution in [0, 0.1) is 0 Å². The molecule has 0 bridgehead atoms. The Kier molecular flexibility index (Phi) is 11.3. The summed E-state index contributed by atoms with van der Waals surface area (Å²) in [6, 6.07) is 63.0. The number of benzene rings is 9. The molecule has 8 heteroatoms. The number of anilines is 6. The molecule has 2 nitrogen and oxygen atoms in total. The van der Waals surface area contributed by atoms with Gasteiger partial charge in [0.1, 0.15) is 0 Å². The third-order valence-corrected chi connectivity index (χ3v) is 11.1. The summed E-state index contributed by atoms with van der Waals surface area (Å²) in [5.74, 6) is 0. The fraction of sp³-hybridized carbons (Fsp3) is 0.0357. The predicted octanol–water partition coefficient (Wildman–Crippen LogP) is 17.3. The molecule has 0 radical (unpaired) electrons. The molecule has 0 spiro atoms. The molecule has 9 aromatic carbocycles. The summed E-state index contributed by atoms with van der Waals surface area (Å²) in [4.78, 5) is 4.17. The minimum atomic E-state index is -4.94. The Morgan fingerprint density at radius 3 is 1.02 bits per heavy atom. The van der Waals surface area contributed by atoms with E-state index >= 15 is 0 Å². The minimum absolute atomic E-state index is 0.509. The Labute approximate surface area is 366 Å². The number of hydrogen-bond acceptors (Lipinski definition) is 2. The number of alkyl halides is 6. The zero-order chi connectivity index (χ0) is 44.3.